The maximum atomic E-state index is 12.7. The lowest BCUT2D eigenvalue weighted by molar-refractivity contribution is 0.0795. The van der Waals surface area contributed by atoms with Gasteiger partial charge in [0.1, 0.15) is 5.69 Å². The van der Waals surface area contributed by atoms with Crippen molar-refractivity contribution < 1.29 is 9.32 Å². The van der Waals surface area contributed by atoms with Crippen molar-refractivity contribution in [2.75, 3.05) is 13.6 Å². The molecule has 6 nitrogen and oxygen atoms in total. The number of aromatic amines is 1. The molecule has 1 N–H and O–H groups in total. The van der Waals surface area contributed by atoms with E-state index in [1.165, 1.54) is 5.56 Å². The minimum atomic E-state index is -0.0187. The SMILES string of the molecule is CN(CCc1noc(-c2cc3ccccc3[nH]2)n1)C(=O)c1ccc(C(C)(C)C)cc1. The molecule has 0 saturated heterocycles. The quantitative estimate of drug-likeness (QED) is 0.519. The number of hydrogen-bond acceptors (Lipinski definition) is 4. The van der Waals surface area contributed by atoms with Crippen LogP contribution in [0.25, 0.3) is 22.5 Å². The Morgan fingerprint density at radius 3 is 2.53 bits per heavy atom. The second kappa shape index (κ2) is 7.78. The Hall–Kier alpha value is -3.41. The van der Waals surface area contributed by atoms with Gasteiger partial charge in [-0.25, -0.2) is 0 Å². The van der Waals surface area contributed by atoms with E-state index in [1.807, 2.05) is 54.6 Å². The van der Waals surface area contributed by atoms with Crippen LogP contribution in [0, 0.1) is 0 Å². The number of likely N-dealkylation sites (N-methyl/N-ethyl adjacent to an activating group) is 1. The van der Waals surface area contributed by atoms with Crippen molar-refractivity contribution in [2.45, 2.75) is 32.6 Å². The molecule has 0 unspecified atom stereocenters. The second-order valence-electron chi connectivity index (χ2n) is 8.59. The molecule has 0 bridgehead atoms. The molecule has 0 aliphatic carbocycles. The number of carbonyl (C=O) groups excluding carboxylic acids is 1. The summed E-state index contributed by atoms with van der Waals surface area (Å²) in [6.45, 7) is 6.98. The molecule has 6 heteroatoms. The van der Waals surface area contributed by atoms with Crippen LogP contribution in [0.1, 0.15) is 42.5 Å². The highest BCUT2D eigenvalue weighted by atomic mass is 16.5. The van der Waals surface area contributed by atoms with Crippen LogP contribution < -0.4 is 0 Å². The zero-order chi connectivity index (χ0) is 21.3. The van der Waals surface area contributed by atoms with E-state index in [1.54, 1.807) is 11.9 Å². The molecule has 0 radical (unpaired) electrons. The van der Waals surface area contributed by atoms with Crippen LogP contribution in [0.2, 0.25) is 0 Å². The summed E-state index contributed by atoms with van der Waals surface area (Å²) in [5.41, 5.74) is 3.76. The highest BCUT2D eigenvalue weighted by Crippen LogP contribution is 2.23. The van der Waals surface area contributed by atoms with E-state index >= 15 is 0 Å². The summed E-state index contributed by atoms with van der Waals surface area (Å²) < 4.78 is 5.41. The third kappa shape index (κ3) is 4.13. The molecule has 2 heterocycles. The lowest BCUT2D eigenvalue weighted by atomic mass is 9.86. The van der Waals surface area contributed by atoms with E-state index in [9.17, 15) is 4.79 Å². The Kier molecular flexibility index (Phi) is 5.16. The topological polar surface area (TPSA) is 75.0 Å². The van der Waals surface area contributed by atoms with E-state index < -0.39 is 0 Å². The highest BCUT2D eigenvalue weighted by Gasteiger charge is 2.17. The second-order valence-corrected chi connectivity index (χ2v) is 8.59. The fourth-order valence-electron chi connectivity index (χ4n) is 3.36. The van der Waals surface area contributed by atoms with Crippen molar-refractivity contribution in [3.8, 4) is 11.6 Å². The third-order valence-electron chi connectivity index (χ3n) is 5.24. The lowest BCUT2D eigenvalue weighted by Crippen LogP contribution is -2.29. The average Bonchev–Trinajstić information content (AvgIpc) is 3.37. The zero-order valence-electron chi connectivity index (χ0n) is 17.8. The highest BCUT2D eigenvalue weighted by molar-refractivity contribution is 5.94. The van der Waals surface area contributed by atoms with Gasteiger partial charge in [-0.3, -0.25) is 4.79 Å². The summed E-state index contributed by atoms with van der Waals surface area (Å²) in [5.74, 6) is 1.01. The summed E-state index contributed by atoms with van der Waals surface area (Å²) in [6, 6.07) is 17.8. The van der Waals surface area contributed by atoms with Crippen LogP contribution >= 0.6 is 0 Å². The Morgan fingerprint density at radius 1 is 1.10 bits per heavy atom. The number of nitrogens with one attached hydrogen (secondary N) is 1. The molecule has 30 heavy (non-hydrogen) atoms. The molecule has 4 rings (SSSR count). The third-order valence-corrected chi connectivity index (χ3v) is 5.24. The number of H-pyrrole nitrogens is 1. The number of benzene rings is 2. The summed E-state index contributed by atoms with van der Waals surface area (Å²) >= 11 is 0. The molecular weight excluding hydrogens is 376 g/mol. The largest absolute Gasteiger partial charge is 0.351 e. The van der Waals surface area contributed by atoms with Gasteiger partial charge < -0.3 is 14.4 Å². The minimum Gasteiger partial charge on any atom is -0.351 e. The molecule has 0 aliphatic heterocycles. The normalized spacial score (nSPS) is 11.7. The predicted molar refractivity (Wildman–Crippen MR) is 117 cm³/mol. The predicted octanol–water partition coefficient (Wildman–Crippen LogP) is 4.83. The molecule has 4 aromatic rings. The average molecular weight is 402 g/mol. The van der Waals surface area contributed by atoms with E-state index in [-0.39, 0.29) is 11.3 Å². The number of hydrogen-bond donors (Lipinski definition) is 1. The van der Waals surface area contributed by atoms with Gasteiger partial charge in [0.15, 0.2) is 5.82 Å². The first kappa shape index (κ1) is 19.9. The Morgan fingerprint density at radius 2 is 1.83 bits per heavy atom. The number of amides is 1. The lowest BCUT2D eigenvalue weighted by Gasteiger charge is -2.20. The van der Waals surface area contributed by atoms with E-state index in [0.717, 1.165) is 16.6 Å². The van der Waals surface area contributed by atoms with Crippen molar-refractivity contribution in [3.63, 3.8) is 0 Å². The van der Waals surface area contributed by atoms with Gasteiger partial charge in [-0.1, -0.05) is 56.3 Å². The fraction of sp³-hybridized carbons (Fsp3) is 0.292. The summed E-state index contributed by atoms with van der Waals surface area (Å²) in [6.07, 6.45) is 0.520. The first-order valence-electron chi connectivity index (χ1n) is 10.1. The Labute approximate surface area is 175 Å². The van der Waals surface area contributed by atoms with Crippen molar-refractivity contribution in [3.05, 3.63) is 71.5 Å². The number of carbonyl (C=O) groups is 1. The molecule has 154 valence electrons. The van der Waals surface area contributed by atoms with Crippen molar-refractivity contribution >= 4 is 16.8 Å². The molecule has 0 fully saturated rings. The van der Waals surface area contributed by atoms with Crippen LogP contribution in [0.15, 0.2) is 59.1 Å². The van der Waals surface area contributed by atoms with Gasteiger partial charge in [0.2, 0.25) is 0 Å². The van der Waals surface area contributed by atoms with Gasteiger partial charge in [-0.05, 0) is 35.2 Å². The van der Waals surface area contributed by atoms with Crippen LogP contribution in [0.3, 0.4) is 0 Å². The summed E-state index contributed by atoms with van der Waals surface area (Å²) in [7, 11) is 1.79. The van der Waals surface area contributed by atoms with Crippen molar-refractivity contribution in [1.82, 2.24) is 20.0 Å². The molecular formula is C24H26N4O2. The molecule has 2 aromatic carbocycles. The van der Waals surface area contributed by atoms with Crippen LogP contribution in [-0.2, 0) is 11.8 Å². The molecule has 0 saturated carbocycles. The number of nitrogens with zero attached hydrogens (tertiary/aromatic N) is 3. The monoisotopic (exact) mass is 402 g/mol. The standard InChI is InChI=1S/C24H26N4O2/c1-24(2,3)18-11-9-16(10-12-18)23(29)28(4)14-13-21-26-22(30-27-21)20-15-17-7-5-6-8-19(17)25-20/h5-12,15,25H,13-14H2,1-4H3. The number of fused-ring (bicyclic) bond motifs is 1. The maximum absolute atomic E-state index is 12.7. The van der Waals surface area contributed by atoms with Gasteiger partial charge in [0.25, 0.3) is 11.8 Å². The Bertz CT molecular complexity index is 1130. The van der Waals surface area contributed by atoms with Gasteiger partial charge in [0.05, 0.1) is 0 Å². The maximum Gasteiger partial charge on any atom is 0.274 e. The van der Waals surface area contributed by atoms with Crippen LogP contribution in [0.5, 0.6) is 0 Å². The van der Waals surface area contributed by atoms with E-state index in [0.29, 0.717) is 30.2 Å². The van der Waals surface area contributed by atoms with E-state index in [2.05, 4.69) is 35.9 Å². The minimum absolute atomic E-state index is 0.0187. The summed E-state index contributed by atoms with van der Waals surface area (Å²) in [4.78, 5) is 22.2. The number of rotatable bonds is 5. The van der Waals surface area contributed by atoms with Crippen LogP contribution in [-0.4, -0.2) is 39.5 Å². The first-order valence-corrected chi connectivity index (χ1v) is 10.1. The van der Waals surface area contributed by atoms with E-state index in [4.69, 9.17) is 4.52 Å². The smallest absolute Gasteiger partial charge is 0.274 e. The summed E-state index contributed by atoms with van der Waals surface area (Å²) in [5, 5.41) is 5.15. The van der Waals surface area contributed by atoms with Gasteiger partial charge >= 0.3 is 0 Å². The number of para-hydroxylation sites is 1. The first-order chi connectivity index (χ1) is 14.3. The zero-order valence-corrected chi connectivity index (χ0v) is 17.8. The number of aromatic nitrogens is 3. The molecule has 1 amide bonds. The van der Waals surface area contributed by atoms with Crippen molar-refractivity contribution in [1.29, 1.82) is 0 Å². The van der Waals surface area contributed by atoms with Gasteiger partial charge in [-0.15, -0.1) is 0 Å². The fourth-order valence-corrected chi connectivity index (χ4v) is 3.36. The van der Waals surface area contributed by atoms with Gasteiger partial charge in [0, 0.05) is 36.5 Å². The molecule has 0 spiro atoms. The van der Waals surface area contributed by atoms with Gasteiger partial charge in [-0.2, -0.15) is 4.98 Å². The molecule has 0 atom stereocenters. The molecule has 0 aliphatic rings. The molecule has 2 aromatic heterocycles. The Balaban J connectivity index is 1.39. The van der Waals surface area contributed by atoms with Crippen molar-refractivity contribution in [2.24, 2.45) is 0 Å². The van der Waals surface area contributed by atoms with Crippen LogP contribution in [0.4, 0.5) is 0 Å².